The number of hydrogen-bond acceptors (Lipinski definition) is 1. The van der Waals surface area contributed by atoms with Crippen LogP contribution in [0.2, 0.25) is 0 Å². The van der Waals surface area contributed by atoms with Gasteiger partial charge in [0.2, 0.25) is 0 Å². The maximum absolute atomic E-state index is 2.43. The van der Waals surface area contributed by atoms with E-state index < -0.39 is 0 Å². The van der Waals surface area contributed by atoms with Crippen LogP contribution in [0.15, 0.2) is 261 Å². The first-order valence-corrected chi connectivity index (χ1v) is 21.7. The fraction of sp³-hybridized carbons (Fsp3) is 0. The second-order valence-electron chi connectivity index (χ2n) is 16.0. The molecular weight excluding hydrogens is 759 g/mol. The van der Waals surface area contributed by atoms with Crippen LogP contribution in [0.3, 0.4) is 0 Å². The molecule has 0 radical (unpaired) electrons. The van der Waals surface area contributed by atoms with Crippen LogP contribution in [-0.2, 0) is 0 Å². The number of anilines is 3. The summed E-state index contributed by atoms with van der Waals surface area (Å²) in [6.07, 6.45) is 0. The summed E-state index contributed by atoms with van der Waals surface area (Å²) in [5.41, 5.74) is 17.5. The summed E-state index contributed by atoms with van der Waals surface area (Å²) in [7, 11) is 0. The van der Waals surface area contributed by atoms with Crippen molar-refractivity contribution in [3.8, 4) is 66.8 Å². The highest BCUT2D eigenvalue weighted by Gasteiger charge is 2.21. The van der Waals surface area contributed by atoms with Gasteiger partial charge in [-0.15, -0.1) is 0 Å². The van der Waals surface area contributed by atoms with Crippen molar-refractivity contribution in [1.29, 1.82) is 0 Å². The van der Waals surface area contributed by atoms with Crippen molar-refractivity contribution in [2.24, 2.45) is 0 Å². The monoisotopic (exact) mass is 801 g/mol. The summed E-state index contributed by atoms with van der Waals surface area (Å²) in [6.45, 7) is 0. The second kappa shape index (κ2) is 16.7. The molecule has 0 aromatic heterocycles. The molecule has 0 unspecified atom stereocenters. The maximum atomic E-state index is 2.43. The van der Waals surface area contributed by atoms with E-state index in [9.17, 15) is 0 Å². The Labute approximate surface area is 369 Å². The molecule has 0 saturated heterocycles. The highest BCUT2D eigenvalue weighted by molar-refractivity contribution is 6.01. The third-order valence-corrected chi connectivity index (χ3v) is 12.3. The van der Waals surface area contributed by atoms with Crippen molar-refractivity contribution in [2.45, 2.75) is 0 Å². The molecule has 0 saturated carbocycles. The molecule has 0 fully saturated rings. The Hall–Kier alpha value is -8.26. The molecule has 296 valence electrons. The zero-order valence-electron chi connectivity index (χ0n) is 34.8. The maximum Gasteiger partial charge on any atom is 0.0540 e. The zero-order valence-corrected chi connectivity index (χ0v) is 34.8. The van der Waals surface area contributed by atoms with E-state index in [0.29, 0.717) is 0 Å². The van der Waals surface area contributed by atoms with Crippen LogP contribution in [0.4, 0.5) is 17.1 Å². The van der Waals surface area contributed by atoms with Gasteiger partial charge in [0.15, 0.2) is 0 Å². The van der Waals surface area contributed by atoms with Crippen molar-refractivity contribution in [3.63, 3.8) is 0 Å². The number of nitrogens with zero attached hydrogens (tertiary/aromatic N) is 1. The van der Waals surface area contributed by atoms with Crippen molar-refractivity contribution in [2.75, 3.05) is 4.90 Å². The van der Waals surface area contributed by atoms with Gasteiger partial charge >= 0.3 is 0 Å². The average molecular weight is 802 g/mol. The molecule has 0 amide bonds. The van der Waals surface area contributed by atoms with Crippen molar-refractivity contribution in [1.82, 2.24) is 0 Å². The van der Waals surface area contributed by atoms with Crippen LogP contribution >= 0.6 is 0 Å². The third-order valence-electron chi connectivity index (χ3n) is 12.3. The van der Waals surface area contributed by atoms with E-state index in [4.69, 9.17) is 0 Å². The molecule has 1 nitrogen and oxygen atoms in total. The van der Waals surface area contributed by atoms with Gasteiger partial charge in [0.1, 0.15) is 0 Å². The molecule has 0 N–H and O–H groups in total. The molecule has 0 spiro atoms. The van der Waals surface area contributed by atoms with E-state index in [-0.39, 0.29) is 0 Å². The lowest BCUT2D eigenvalue weighted by Gasteiger charge is -2.29. The predicted molar refractivity (Wildman–Crippen MR) is 269 cm³/mol. The van der Waals surface area contributed by atoms with Crippen LogP contribution in [0.5, 0.6) is 0 Å². The Balaban J connectivity index is 1.10. The molecule has 0 aliphatic rings. The molecule has 11 rings (SSSR count). The molecule has 0 bridgehead atoms. The molecule has 1 heteroatoms. The van der Waals surface area contributed by atoms with E-state index >= 15 is 0 Å². The van der Waals surface area contributed by atoms with E-state index in [1.54, 1.807) is 0 Å². The zero-order chi connectivity index (χ0) is 42.0. The topological polar surface area (TPSA) is 3.24 Å². The van der Waals surface area contributed by atoms with Crippen LogP contribution < -0.4 is 4.90 Å². The fourth-order valence-corrected chi connectivity index (χ4v) is 9.28. The van der Waals surface area contributed by atoms with Gasteiger partial charge in [-0.1, -0.05) is 224 Å². The lowest BCUT2D eigenvalue weighted by Crippen LogP contribution is -2.11. The first-order valence-electron chi connectivity index (χ1n) is 21.7. The quantitative estimate of drug-likeness (QED) is 0.141. The predicted octanol–water partition coefficient (Wildman–Crippen LogP) is 17.5. The van der Waals surface area contributed by atoms with Crippen LogP contribution in [0.25, 0.3) is 88.3 Å². The Morgan fingerprint density at radius 3 is 1.33 bits per heavy atom. The summed E-state index contributed by atoms with van der Waals surface area (Å²) in [5.74, 6) is 0. The Morgan fingerprint density at radius 1 is 0.206 bits per heavy atom. The Morgan fingerprint density at radius 2 is 0.651 bits per heavy atom. The first-order chi connectivity index (χ1) is 31.3. The van der Waals surface area contributed by atoms with Gasteiger partial charge in [0.25, 0.3) is 0 Å². The van der Waals surface area contributed by atoms with Crippen LogP contribution in [0.1, 0.15) is 0 Å². The first kappa shape index (κ1) is 37.7. The van der Waals surface area contributed by atoms with Gasteiger partial charge in [-0.25, -0.2) is 0 Å². The normalized spacial score (nSPS) is 11.2. The third kappa shape index (κ3) is 7.26. The van der Waals surface area contributed by atoms with E-state index in [1.807, 2.05) is 0 Å². The van der Waals surface area contributed by atoms with Crippen molar-refractivity contribution < 1.29 is 0 Å². The van der Waals surface area contributed by atoms with Gasteiger partial charge in [0, 0.05) is 16.9 Å². The van der Waals surface area contributed by atoms with Gasteiger partial charge in [-0.3, -0.25) is 0 Å². The number of rotatable bonds is 9. The molecule has 0 aliphatic heterocycles. The van der Waals surface area contributed by atoms with Gasteiger partial charge < -0.3 is 4.90 Å². The van der Waals surface area contributed by atoms with Gasteiger partial charge in [-0.2, -0.15) is 0 Å². The largest absolute Gasteiger partial charge is 0.310 e. The summed E-state index contributed by atoms with van der Waals surface area (Å²) in [6, 6.07) is 94.7. The highest BCUT2D eigenvalue weighted by Crippen LogP contribution is 2.47. The summed E-state index contributed by atoms with van der Waals surface area (Å²) in [5, 5.41) is 4.96. The molecule has 0 atom stereocenters. The van der Waals surface area contributed by atoms with Crippen LogP contribution in [0, 0.1) is 0 Å². The minimum atomic E-state index is 1.08. The molecule has 11 aromatic carbocycles. The van der Waals surface area contributed by atoms with Crippen molar-refractivity contribution in [3.05, 3.63) is 261 Å². The van der Waals surface area contributed by atoms with E-state index in [0.717, 1.165) is 22.6 Å². The minimum Gasteiger partial charge on any atom is -0.310 e. The molecule has 0 heterocycles. The van der Waals surface area contributed by atoms with E-state index in [1.165, 1.54) is 82.7 Å². The number of fused-ring (bicyclic) bond motifs is 2. The lowest BCUT2D eigenvalue weighted by molar-refractivity contribution is 1.28. The van der Waals surface area contributed by atoms with Gasteiger partial charge in [0.05, 0.1) is 5.69 Å². The average Bonchev–Trinajstić information content (AvgIpc) is 3.37. The van der Waals surface area contributed by atoms with E-state index in [2.05, 4.69) is 266 Å². The smallest absolute Gasteiger partial charge is 0.0540 e. The standard InChI is InChI=1S/C62H43N/c1-3-18-44(19-4-1)49-38-41-59(61(43-49)47-20-5-2-6-21-47)57-30-11-12-31-58(57)60-32-13-14-35-62(60)63(51-39-36-48(37-40-51)55-33-16-24-45-22-7-9-28-53(45)55)52-27-15-26-50(42-52)56-34-17-25-46-23-8-10-29-54(46)56/h1-43H. The van der Waals surface area contributed by atoms with Gasteiger partial charge in [-0.05, 0) is 119 Å². The Kier molecular flexibility index (Phi) is 9.97. The molecule has 63 heavy (non-hydrogen) atoms. The Bertz CT molecular complexity index is 3370. The SMILES string of the molecule is c1ccc(-c2ccc(-c3ccccc3-c3ccccc3N(c3ccc(-c4cccc5ccccc45)cc3)c3cccc(-c4cccc5ccccc45)c3)c(-c3ccccc3)c2)cc1. The minimum absolute atomic E-state index is 1.08. The van der Waals surface area contributed by atoms with Crippen LogP contribution in [-0.4, -0.2) is 0 Å². The molecule has 11 aromatic rings. The fourth-order valence-electron chi connectivity index (χ4n) is 9.28. The number of para-hydroxylation sites is 1. The number of benzene rings is 11. The van der Waals surface area contributed by atoms with Crippen molar-refractivity contribution >= 4 is 38.6 Å². The highest BCUT2D eigenvalue weighted by atomic mass is 15.1. The molecular formula is C62H43N. The number of hydrogen-bond donors (Lipinski definition) is 0. The second-order valence-corrected chi connectivity index (χ2v) is 16.0. The molecule has 0 aliphatic carbocycles. The summed E-state index contributed by atoms with van der Waals surface area (Å²) in [4.78, 5) is 2.43. The lowest BCUT2D eigenvalue weighted by atomic mass is 9.87. The summed E-state index contributed by atoms with van der Waals surface area (Å²) < 4.78 is 0. The summed E-state index contributed by atoms with van der Waals surface area (Å²) >= 11 is 0.